The van der Waals surface area contributed by atoms with E-state index in [2.05, 4.69) is 10.1 Å². The van der Waals surface area contributed by atoms with Gasteiger partial charge in [0.25, 0.3) is 5.89 Å². The van der Waals surface area contributed by atoms with Crippen LogP contribution in [0.15, 0.2) is 21.1 Å². The van der Waals surface area contributed by atoms with Crippen LogP contribution in [0.3, 0.4) is 0 Å². The number of aromatic nitrogens is 2. The normalized spacial score (nSPS) is 10.4. The molecule has 2 aromatic rings. The number of nitrogens with zero attached hydrogens (tertiary/aromatic N) is 2. The Hall–Kier alpha value is -1.91. The van der Waals surface area contributed by atoms with E-state index in [1.807, 2.05) is 6.92 Å². The van der Waals surface area contributed by atoms with Crippen molar-refractivity contribution in [2.24, 2.45) is 0 Å². The van der Waals surface area contributed by atoms with Gasteiger partial charge >= 0.3 is 0 Å². The average Bonchev–Trinajstić information content (AvgIpc) is 2.70. The Morgan fingerprint density at radius 1 is 1.43 bits per heavy atom. The van der Waals surface area contributed by atoms with Crippen LogP contribution >= 0.6 is 0 Å². The van der Waals surface area contributed by atoms with Crippen molar-refractivity contribution in [3.8, 4) is 11.6 Å². The maximum atomic E-state index is 10.9. The largest absolute Gasteiger partial charge is 0.458 e. The van der Waals surface area contributed by atoms with Crippen LogP contribution in [0.25, 0.3) is 11.6 Å². The number of hydrogen-bond donors (Lipinski definition) is 0. The highest BCUT2D eigenvalue weighted by Crippen LogP contribution is 2.18. The molecule has 0 bridgehead atoms. The minimum atomic E-state index is -0.257. The molecule has 2 heterocycles. The van der Waals surface area contributed by atoms with Gasteiger partial charge in [0.2, 0.25) is 11.6 Å². The van der Waals surface area contributed by atoms with E-state index in [9.17, 15) is 4.79 Å². The SMILES string of the molecule is CC(=O)c1nc(-c2ccc(C)o2)no1. The van der Waals surface area contributed by atoms with Crippen LogP contribution in [-0.2, 0) is 0 Å². The third-order valence-electron chi connectivity index (χ3n) is 1.69. The molecule has 0 aliphatic carbocycles. The van der Waals surface area contributed by atoms with Crippen molar-refractivity contribution in [2.75, 3.05) is 0 Å². The zero-order valence-electron chi connectivity index (χ0n) is 7.77. The number of hydrogen-bond acceptors (Lipinski definition) is 5. The second-order valence-corrected chi connectivity index (χ2v) is 2.89. The number of Topliss-reactive ketones (excluding diaryl/α,β-unsaturated/α-hetero) is 1. The predicted molar refractivity (Wildman–Crippen MR) is 46.7 cm³/mol. The van der Waals surface area contributed by atoms with Crippen LogP contribution in [0, 0.1) is 6.92 Å². The van der Waals surface area contributed by atoms with Crippen LogP contribution in [0.1, 0.15) is 23.4 Å². The lowest BCUT2D eigenvalue weighted by Crippen LogP contribution is -1.90. The minimum Gasteiger partial charge on any atom is -0.458 e. The third-order valence-corrected chi connectivity index (χ3v) is 1.69. The van der Waals surface area contributed by atoms with E-state index in [1.54, 1.807) is 12.1 Å². The minimum absolute atomic E-state index is 0.00551. The molecule has 5 heteroatoms. The molecule has 0 spiro atoms. The number of aryl methyl sites for hydroxylation is 1. The van der Waals surface area contributed by atoms with E-state index in [0.29, 0.717) is 11.6 Å². The quantitative estimate of drug-likeness (QED) is 0.679. The van der Waals surface area contributed by atoms with Gasteiger partial charge in [0.1, 0.15) is 5.76 Å². The van der Waals surface area contributed by atoms with Gasteiger partial charge in [-0.3, -0.25) is 4.79 Å². The van der Waals surface area contributed by atoms with Gasteiger partial charge in [-0.15, -0.1) is 0 Å². The molecule has 0 radical (unpaired) electrons. The summed E-state index contributed by atoms with van der Waals surface area (Å²) < 4.78 is 9.99. The number of carbonyl (C=O) groups is 1. The van der Waals surface area contributed by atoms with Gasteiger partial charge in [0.15, 0.2) is 5.76 Å². The summed E-state index contributed by atoms with van der Waals surface area (Å²) in [5, 5.41) is 3.62. The second-order valence-electron chi connectivity index (χ2n) is 2.89. The number of furan rings is 1. The summed E-state index contributed by atoms with van der Waals surface area (Å²) in [5.41, 5.74) is 0. The smallest absolute Gasteiger partial charge is 0.294 e. The summed E-state index contributed by atoms with van der Waals surface area (Å²) >= 11 is 0. The molecule has 0 aliphatic heterocycles. The molecule has 0 N–H and O–H groups in total. The highest BCUT2D eigenvalue weighted by Gasteiger charge is 2.13. The monoisotopic (exact) mass is 192 g/mol. The van der Waals surface area contributed by atoms with Crippen LogP contribution in [0.2, 0.25) is 0 Å². The van der Waals surface area contributed by atoms with Crippen LogP contribution in [0.5, 0.6) is 0 Å². The molecule has 0 aliphatic rings. The summed E-state index contributed by atoms with van der Waals surface area (Å²) in [6, 6.07) is 3.52. The highest BCUT2D eigenvalue weighted by atomic mass is 16.5. The fourth-order valence-corrected chi connectivity index (χ4v) is 1.02. The molecule has 72 valence electrons. The molecule has 2 rings (SSSR count). The van der Waals surface area contributed by atoms with Crippen LogP contribution in [-0.4, -0.2) is 15.9 Å². The first-order chi connectivity index (χ1) is 6.66. The summed E-state index contributed by atoms with van der Waals surface area (Å²) in [7, 11) is 0. The Morgan fingerprint density at radius 3 is 2.71 bits per heavy atom. The first kappa shape index (κ1) is 8.68. The van der Waals surface area contributed by atoms with Crippen molar-refractivity contribution in [2.45, 2.75) is 13.8 Å². The molecule has 2 aromatic heterocycles. The van der Waals surface area contributed by atoms with Gasteiger partial charge in [0, 0.05) is 6.92 Å². The Bertz CT molecular complexity index is 470. The lowest BCUT2D eigenvalue weighted by atomic mass is 10.4. The molecule has 0 amide bonds. The molecule has 0 saturated carbocycles. The first-order valence-electron chi connectivity index (χ1n) is 4.08. The molecule has 0 fully saturated rings. The van der Waals surface area contributed by atoms with Crippen molar-refractivity contribution in [1.82, 2.24) is 10.1 Å². The van der Waals surface area contributed by atoms with Gasteiger partial charge in [-0.25, -0.2) is 0 Å². The lowest BCUT2D eigenvalue weighted by Gasteiger charge is -1.84. The first-order valence-corrected chi connectivity index (χ1v) is 4.08. The number of ketones is 1. The maximum absolute atomic E-state index is 10.9. The van der Waals surface area contributed by atoms with E-state index in [4.69, 9.17) is 8.94 Å². The van der Waals surface area contributed by atoms with E-state index in [0.717, 1.165) is 5.76 Å². The summed E-state index contributed by atoms with van der Waals surface area (Å²) in [6.07, 6.45) is 0. The van der Waals surface area contributed by atoms with Crippen molar-refractivity contribution in [1.29, 1.82) is 0 Å². The average molecular weight is 192 g/mol. The Kier molecular flexibility index (Phi) is 1.92. The summed E-state index contributed by atoms with van der Waals surface area (Å²) in [6.45, 7) is 3.18. The van der Waals surface area contributed by atoms with Gasteiger partial charge in [-0.2, -0.15) is 4.98 Å². The summed E-state index contributed by atoms with van der Waals surface area (Å²) in [5.74, 6) is 1.29. The summed E-state index contributed by atoms with van der Waals surface area (Å²) in [4.78, 5) is 14.7. The molecule has 0 atom stereocenters. The molecular weight excluding hydrogens is 184 g/mol. The van der Waals surface area contributed by atoms with E-state index in [1.165, 1.54) is 6.92 Å². The van der Waals surface area contributed by atoms with Gasteiger partial charge < -0.3 is 8.94 Å². The zero-order chi connectivity index (χ0) is 10.1. The molecule has 0 aromatic carbocycles. The Labute approximate surface area is 79.7 Å². The predicted octanol–water partition coefficient (Wildman–Crippen LogP) is 1.84. The number of carbonyl (C=O) groups excluding carboxylic acids is 1. The second kappa shape index (κ2) is 3.10. The van der Waals surface area contributed by atoms with E-state index >= 15 is 0 Å². The zero-order valence-corrected chi connectivity index (χ0v) is 7.77. The topological polar surface area (TPSA) is 69.1 Å². The molecular formula is C9H8N2O3. The Balaban J connectivity index is 2.38. The van der Waals surface area contributed by atoms with E-state index in [-0.39, 0.29) is 11.7 Å². The highest BCUT2D eigenvalue weighted by molar-refractivity contribution is 5.89. The van der Waals surface area contributed by atoms with Crippen LogP contribution < -0.4 is 0 Å². The number of rotatable bonds is 2. The van der Waals surface area contributed by atoms with Crippen LogP contribution in [0.4, 0.5) is 0 Å². The van der Waals surface area contributed by atoms with Crippen molar-refractivity contribution < 1.29 is 13.7 Å². The fourth-order valence-electron chi connectivity index (χ4n) is 1.02. The molecule has 0 unspecified atom stereocenters. The van der Waals surface area contributed by atoms with Gasteiger partial charge in [-0.1, -0.05) is 5.16 Å². The van der Waals surface area contributed by atoms with Gasteiger partial charge in [0.05, 0.1) is 0 Å². The molecule has 0 saturated heterocycles. The van der Waals surface area contributed by atoms with Gasteiger partial charge in [-0.05, 0) is 19.1 Å². The lowest BCUT2D eigenvalue weighted by molar-refractivity contribution is 0.0972. The maximum Gasteiger partial charge on any atom is 0.294 e. The molecule has 14 heavy (non-hydrogen) atoms. The Morgan fingerprint density at radius 2 is 2.21 bits per heavy atom. The van der Waals surface area contributed by atoms with Crippen molar-refractivity contribution >= 4 is 5.78 Å². The fraction of sp³-hybridized carbons (Fsp3) is 0.222. The standard InChI is InChI=1S/C9H8N2O3/c1-5-3-4-7(13-5)8-10-9(6(2)12)14-11-8/h3-4H,1-2H3. The van der Waals surface area contributed by atoms with Crippen molar-refractivity contribution in [3.05, 3.63) is 23.8 Å². The van der Waals surface area contributed by atoms with E-state index < -0.39 is 0 Å². The van der Waals surface area contributed by atoms with Crippen molar-refractivity contribution in [3.63, 3.8) is 0 Å². The molecule has 5 nitrogen and oxygen atoms in total. The third kappa shape index (κ3) is 1.44.